The number of ether oxygens (including phenoxy) is 1. The van der Waals surface area contributed by atoms with E-state index in [1.165, 1.54) is 5.56 Å². The largest absolute Gasteiger partial charge is 0.383 e. The average Bonchev–Trinajstić information content (AvgIpc) is 2.36. The van der Waals surface area contributed by atoms with Gasteiger partial charge in [0.05, 0.1) is 6.61 Å². The third-order valence-corrected chi connectivity index (χ3v) is 3.18. The average molecular weight is 236 g/mol. The van der Waals surface area contributed by atoms with Crippen LogP contribution in [-0.4, -0.2) is 38.3 Å². The predicted octanol–water partition coefficient (Wildman–Crippen LogP) is 2.04. The van der Waals surface area contributed by atoms with Crippen LogP contribution in [0, 0.1) is 0 Å². The van der Waals surface area contributed by atoms with Crippen LogP contribution in [0.15, 0.2) is 30.3 Å². The van der Waals surface area contributed by atoms with Crippen LogP contribution in [0.4, 0.5) is 0 Å². The first-order valence-corrected chi connectivity index (χ1v) is 6.15. The van der Waals surface area contributed by atoms with Crippen LogP contribution in [0.5, 0.6) is 0 Å². The molecule has 0 aliphatic heterocycles. The van der Waals surface area contributed by atoms with Crippen molar-refractivity contribution in [2.45, 2.75) is 25.4 Å². The molecule has 0 amide bonds. The molecule has 1 rings (SSSR count). The Morgan fingerprint density at radius 3 is 2.53 bits per heavy atom. The minimum Gasteiger partial charge on any atom is -0.383 e. The Morgan fingerprint density at radius 2 is 1.94 bits per heavy atom. The number of nitrogens with two attached hydrogens (primary N) is 1. The second-order valence-electron chi connectivity index (χ2n) is 4.59. The zero-order chi connectivity index (χ0) is 12.7. The summed E-state index contributed by atoms with van der Waals surface area (Å²) < 4.78 is 5.14. The number of methoxy groups -OCH3 is 1. The van der Waals surface area contributed by atoms with E-state index in [4.69, 9.17) is 10.5 Å². The SMILES string of the molecule is COCC(C)N(C)CCC(N)c1ccccc1. The molecule has 1 aromatic rings. The van der Waals surface area contributed by atoms with Crippen LogP contribution in [0.1, 0.15) is 24.9 Å². The van der Waals surface area contributed by atoms with Crippen molar-refractivity contribution in [3.05, 3.63) is 35.9 Å². The van der Waals surface area contributed by atoms with Crippen LogP contribution < -0.4 is 5.73 Å². The Balaban J connectivity index is 2.35. The molecule has 0 aliphatic carbocycles. The van der Waals surface area contributed by atoms with Gasteiger partial charge in [0.1, 0.15) is 0 Å². The Bertz CT molecular complexity index is 302. The molecule has 3 heteroatoms. The highest BCUT2D eigenvalue weighted by molar-refractivity contribution is 5.18. The monoisotopic (exact) mass is 236 g/mol. The van der Waals surface area contributed by atoms with E-state index in [1.54, 1.807) is 7.11 Å². The standard InChI is InChI=1S/C14H24N2O/c1-12(11-17-3)16(2)10-9-14(15)13-7-5-4-6-8-13/h4-8,12,14H,9-11,15H2,1-3H3. The van der Waals surface area contributed by atoms with Crippen molar-refractivity contribution in [1.82, 2.24) is 4.90 Å². The minimum atomic E-state index is 0.119. The Morgan fingerprint density at radius 1 is 1.29 bits per heavy atom. The van der Waals surface area contributed by atoms with Crippen molar-refractivity contribution in [2.75, 3.05) is 27.3 Å². The van der Waals surface area contributed by atoms with Crippen molar-refractivity contribution < 1.29 is 4.74 Å². The lowest BCUT2D eigenvalue weighted by molar-refractivity contribution is 0.114. The van der Waals surface area contributed by atoms with E-state index in [2.05, 4.69) is 31.0 Å². The summed E-state index contributed by atoms with van der Waals surface area (Å²) in [5.41, 5.74) is 7.37. The maximum Gasteiger partial charge on any atom is 0.0615 e. The fourth-order valence-corrected chi connectivity index (χ4v) is 1.80. The first-order valence-electron chi connectivity index (χ1n) is 6.15. The second kappa shape index (κ2) is 7.43. The molecule has 2 atom stereocenters. The zero-order valence-corrected chi connectivity index (χ0v) is 11.1. The van der Waals surface area contributed by atoms with Gasteiger partial charge in [-0.15, -0.1) is 0 Å². The molecule has 2 unspecified atom stereocenters. The number of hydrogen-bond acceptors (Lipinski definition) is 3. The topological polar surface area (TPSA) is 38.5 Å². The first-order chi connectivity index (χ1) is 8.15. The summed E-state index contributed by atoms with van der Waals surface area (Å²) in [7, 11) is 3.85. The predicted molar refractivity (Wildman–Crippen MR) is 72.0 cm³/mol. The van der Waals surface area contributed by atoms with Crippen LogP contribution >= 0.6 is 0 Å². The van der Waals surface area contributed by atoms with Gasteiger partial charge < -0.3 is 15.4 Å². The molecule has 0 aromatic heterocycles. The summed E-state index contributed by atoms with van der Waals surface area (Å²) in [4.78, 5) is 2.28. The molecule has 2 N–H and O–H groups in total. The Kier molecular flexibility index (Phi) is 6.19. The maximum absolute atomic E-state index is 6.16. The van der Waals surface area contributed by atoms with Gasteiger partial charge in [-0.2, -0.15) is 0 Å². The van der Waals surface area contributed by atoms with Crippen LogP contribution in [0.2, 0.25) is 0 Å². The van der Waals surface area contributed by atoms with Crippen LogP contribution in [0.3, 0.4) is 0 Å². The van der Waals surface area contributed by atoms with Gasteiger partial charge in [0.2, 0.25) is 0 Å². The molecule has 0 fully saturated rings. The van der Waals surface area contributed by atoms with E-state index in [0.717, 1.165) is 19.6 Å². The van der Waals surface area contributed by atoms with Crippen molar-refractivity contribution in [3.63, 3.8) is 0 Å². The van der Waals surface area contributed by atoms with E-state index >= 15 is 0 Å². The minimum absolute atomic E-state index is 0.119. The number of benzene rings is 1. The molecule has 1 aromatic carbocycles. The molecule has 17 heavy (non-hydrogen) atoms. The highest BCUT2D eigenvalue weighted by Crippen LogP contribution is 2.14. The van der Waals surface area contributed by atoms with E-state index in [-0.39, 0.29) is 6.04 Å². The molecule has 0 aliphatic rings. The fourth-order valence-electron chi connectivity index (χ4n) is 1.80. The van der Waals surface area contributed by atoms with Gasteiger partial charge in [-0.1, -0.05) is 30.3 Å². The Hall–Kier alpha value is -0.900. The molecular formula is C14H24N2O. The molecule has 96 valence electrons. The van der Waals surface area contributed by atoms with Crippen molar-refractivity contribution in [2.24, 2.45) is 5.73 Å². The van der Waals surface area contributed by atoms with E-state index in [1.807, 2.05) is 18.2 Å². The summed E-state index contributed by atoms with van der Waals surface area (Å²) in [6.07, 6.45) is 0.967. The molecular weight excluding hydrogens is 212 g/mol. The van der Waals surface area contributed by atoms with E-state index in [9.17, 15) is 0 Å². The van der Waals surface area contributed by atoms with Crippen LogP contribution in [0.25, 0.3) is 0 Å². The summed E-state index contributed by atoms with van der Waals surface area (Å²) in [6.45, 7) is 3.91. The smallest absolute Gasteiger partial charge is 0.0615 e. The normalized spacial score (nSPS) is 14.9. The Labute approximate surface area is 105 Å². The first kappa shape index (κ1) is 14.2. The highest BCUT2D eigenvalue weighted by atomic mass is 16.5. The molecule has 0 saturated carbocycles. The second-order valence-corrected chi connectivity index (χ2v) is 4.59. The number of nitrogens with zero attached hydrogens (tertiary/aromatic N) is 1. The number of likely N-dealkylation sites (N-methyl/N-ethyl adjacent to an activating group) is 1. The third-order valence-electron chi connectivity index (χ3n) is 3.18. The molecule has 0 saturated heterocycles. The van der Waals surface area contributed by atoms with Crippen molar-refractivity contribution in [1.29, 1.82) is 0 Å². The number of hydrogen-bond donors (Lipinski definition) is 1. The summed E-state index contributed by atoms with van der Waals surface area (Å²) in [6, 6.07) is 10.8. The quantitative estimate of drug-likeness (QED) is 0.787. The van der Waals surface area contributed by atoms with E-state index in [0.29, 0.717) is 6.04 Å². The zero-order valence-electron chi connectivity index (χ0n) is 11.1. The molecule has 0 bridgehead atoms. The lowest BCUT2D eigenvalue weighted by Gasteiger charge is -2.25. The lowest BCUT2D eigenvalue weighted by Crippen LogP contribution is -2.34. The molecule has 3 nitrogen and oxygen atoms in total. The van der Waals surface area contributed by atoms with Gasteiger partial charge in [0, 0.05) is 25.7 Å². The maximum atomic E-state index is 6.16. The summed E-state index contributed by atoms with van der Waals surface area (Å²) in [5.74, 6) is 0. The van der Waals surface area contributed by atoms with E-state index < -0.39 is 0 Å². The van der Waals surface area contributed by atoms with Gasteiger partial charge in [0.25, 0.3) is 0 Å². The van der Waals surface area contributed by atoms with Gasteiger partial charge in [0.15, 0.2) is 0 Å². The highest BCUT2D eigenvalue weighted by Gasteiger charge is 2.11. The van der Waals surface area contributed by atoms with Gasteiger partial charge in [-0.3, -0.25) is 0 Å². The number of rotatable bonds is 7. The van der Waals surface area contributed by atoms with Crippen molar-refractivity contribution in [3.8, 4) is 0 Å². The van der Waals surface area contributed by atoms with Gasteiger partial charge >= 0.3 is 0 Å². The fraction of sp³-hybridized carbons (Fsp3) is 0.571. The van der Waals surface area contributed by atoms with Gasteiger partial charge in [-0.25, -0.2) is 0 Å². The summed E-state index contributed by atoms with van der Waals surface area (Å²) in [5, 5.41) is 0. The molecule has 0 spiro atoms. The van der Waals surface area contributed by atoms with Crippen LogP contribution in [-0.2, 0) is 4.74 Å². The lowest BCUT2D eigenvalue weighted by atomic mass is 10.0. The third kappa shape index (κ3) is 4.86. The van der Waals surface area contributed by atoms with Crippen molar-refractivity contribution >= 4 is 0 Å². The molecule has 0 radical (unpaired) electrons. The molecule has 0 heterocycles. The van der Waals surface area contributed by atoms with Gasteiger partial charge in [-0.05, 0) is 26.0 Å². The summed E-state index contributed by atoms with van der Waals surface area (Å²) >= 11 is 0.